The Bertz CT molecular complexity index is 194. The summed E-state index contributed by atoms with van der Waals surface area (Å²) in [6.07, 6.45) is 7.44. The lowest BCUT2D eigenvalue weighted by atomic mass is 10.1. The van der Waals surface area contributed by atoms with Gasteiger partial charge in [0, 0.05) is 21.3 Å². The van der Waals surface area contributed by atoms with Crippen LogP contribution in [0.15, 0.2) is 0 Å². The second-order valence-corrected chi connectivity index (χ2v) is 10.3. The average molecular weight is 372 g/mol. The molecule has 0 radical (unpaired) electrons. The first kappa shape index (κ1) is 22.8. The molecule has 0 aliphatic carbocycles. The fourth-order valence-electron chi connectivity index (χ4n) is 1.74. The second kappa shape index (κ2) is 14.5. The van der Waals surface area contributed by atoms with E-state index in [1.807, 2.05) is 26.0 Å². The third-order valence-electron chi connectivity index (χ3n) is 2.80. The van der Waals surface area contributed by atoms with Crippen LogP contribution in [0.3, 0.4) is 0 Å². The summed E-state index contributed by atoms with van der Waals surface area (Å²) in [6, 6.07) is 0. The minimum atomic E-state index is -2.47. The van der Waals surface area contributed by atoms with Crippen molar-refractivity contribution in [3.63, 3.8) is 0 Å². The Morgan fingerprint density at radius 3 is 1.65 bits per heavy atom. The minimum Gasteiger partial charge on any atom is -0.376 e. The Morgan fingerprint density at radius 1 is 0.900 bits per heavy atom. The summed E-state index contributed by atoms with van der Waals surface area (Å²) in [5.41, 5.74) is 0. The van der Waals surface area contributed by atoms with E-state index in [9.17, 15) is 0 Å². The summed E-state index contributed by atoms with van der Waals surface area (Å²) >= 11 is 3.64. The predicted molar refractivity (Wildman–Crippen MR) is 92.5 cm³/mol. The highest BCUT2D eigenvalue weighted by Crippen LogP contribution is 2.24. The van der Waals surface area contributed by atoms with Crippen molar-refractivity contribution in [1.29, 1.82) is 0 Å². The molecule has 0 rings (SSSR count). The van der Waals surface area contributed by atoms with Crippen LogP contribution in [0.5, 0.6) is 0 Å². The van der Waals surface area contributed by atoms with Gasteiger partial charge < -0.3 is 18.2 Å². The fraction of sp³-hybridized carbons (Fsp3) is 1.00. The van der Waals surface area contributed by atoms with Gasteiger partial charge in [-0.3, -0.25) is 0 Å². The maximum absolute atomic E-state index is 5.42. The van der Waals surface area contributed by atoms with Gasteiger partial charge in [0.25, 0.3) is 0 Å². The normalized spacial score (nSPS) is 13.1. The summed E-state index contributed by atoms with van der Waals surface area (Å²) < 4.78 is 16.5. The molecule has 0 heterocycles. The third-order valence-corrected chi connectivity index (χ3v) is 7.70. The van der Waals surface area contributed by atoms with Gasteiger partial charge in [-0.25, -0.2) is 0 Å². The van der Waals surface area contributed by atoms with E-state index in [2.05, 4.69) is 22.9 Å². The van der Waals surface area contributed by atoms with Crippen LogP contribution in [0.1, 0.15) is 45.4 Å². The number of halogens is 1. The number of rotatable bonds is 10. The lowest BCUT2D eigenvalue weighted by Gasteiger charge is -2.28. The molecular weight excluding hydrogens is 338 g/mol. The minimum absolute atomic E-state index is 0.196. The summed E-state index contributed by atoms with van der Waals surface area (Å²) in [6.45, 7) is 2.23. The van der Waals surface area contributed by atoms with Gasteiger partial charge in [-0.05, 0) is 27.6 Å². The summed E-state index contributed by atoms with van der Waals surface area (Å²) in [5, 5.41) is 0. The zero-order valence-corrected chi connectivity index (χ0v) is 17.0. The summed E-state index contributed by atoms with van der Waals surface area (Å²) in [4.78, 5) is 2.00. The highest BCUT2D eigenvalue weighted by molar-refractivity contribution is 9.10. The Kier molecular flexibility index (Phi) is 16.5. The average Bonchev–Trinajstić information content (AvgIpc) is 2.40. The van der Waals surface area contributed by atoms with Crippen molar-refractivity contribution < 1.29 is 13.3 Å². The predicted octanol–water partition coefficient (Wildman–Crippen LogP) is 3.71. The van der Waals surface area contributed by atoms with E-state index < -0.39 is 8.80 Å². The molecule has 0 amide bonds. The summed E-state index contributed by atoms with van der Waals surface area (Å²) in [5.74, 6) is 0. The van der Waals surface area contributed by atoms with Gasteiger partial charge in [-0.15, -0.1) is 0 Å². The van der Waals surface area contributed by atoms with Crippen LogP contribution in [0.25, 0.3) is 0 Å². The van der Waals surface area contributed by atoms with Gasteiger partial charge >= 0.3 is 8.80 Å². The van der Waals surface area contributed by atoms with Crippen molar-refractivity contribution in [3.05, 3.63) is 0 Å². The van der Waals surface area contributed by atoms with Crippen molar-refractivity contribution in [2.24, 2.45) is 0 Å². The summed E-state index contributed by atoms with van der Waals surface area (Å²) in [7, 11) is 8.50. The van der Waals surface area contributed by atoms with E-state index in [0.717, 1.165) is 6.42 Å². The lowest BCUT2D eigenvalue weighted by molar-refractivity contribution is 0.121. The maximum atomic E-state index is 5.42. The molecule has 0 bridgehead atoms. The van der Waals surface area contributed by atoms with Gasteiger partial charge in [-0.1, -0.05) is 55.0 Å². The molecule has 0 aromatic carbocycles. The van der Waals surface area contributed by atoms with Crippen LogP contribution in [0.4, 0.5) is 0 Å². The number of hydrogen-bond acceptors (Lipinski definition) is 4. The number of alkyl halides is 1. The fourth-order valence-corrected chi connectivity index (χ4v) is 5.57. The van der Waals surface area contributed by atoms with E-state index in [1.165, 1.54) is 32.1 Å². The van der Waals surface area contributed by atoms with E-state index in [-0.39, 0.29) is 4.45 Å². The Morgan fingerprint density at radius 2 is 1.30 bits per heavy atom. The first-order valence-electron chi connectivity index (χ1n) is 7.30. The van der Waals surface area contributed by atoms with E-state index in [1.54, 1.807) is 21.3 Å². The van der Waals surface area contributed by atoms with Gasteiger partial charge in [0.2, 0.25) is 0 Å². The molecular formula is C14H34BrNO3Si. The van der Waals surface area contributed by atoms with Crippen molar-refractivity contribution in [2.75, 3.05) is 42.5 Å². The molecule has 6 heteroatoms. The van der Waals surface area contributed by atoms with Gasteiger partial charge in [0.15, 0.2) is 0 Å². The molecule has 4 nitrogen and oxygen atoms in total. The van der Waals surface area contributed by atoms with E-state index in [0.29, 0.717) is 0 Å². The van der Waals surface area contributed by atoms with Crippen LogP contribution in [-0.4, -0.2) is 60.6 Å². The zero-order valence-electron chi connectivity index (χ0n) is 14.4. The van der Waals surface area contributed by atoms with E-state index >= 15 is 0 Å². The van der Waals surface area contributed by atoms with Gasteiger partial charge in [0.1, 0.15) is 0 Å². The van der Waals surface area contributed by atoms with Crippen LogP contribution in [0.2, 0.25) is 0 Å². The smallest absolute Gasteiger partial charge is 0.376 e. The molecule has 0 saturated heterocycles. The van der Waals surface area contributed by atoms with Crippen molar-refractivity contribution in [3.8, 4) is 0 Å². The molecule has 0 aromatic rings. The first-order valence-corrected chi connectivity index (χ1v) is 10.0. The molecule has 20 heavy (non-hydrogen) atoms. The molecule has 0 N–H and O–H groups in total. The Labute approximate surface area is 135 Å². The SMILES string of the molecule is CCCCCCCC(Br)[Si](OC)(OC)OC.CN(C)C. The number of unbranched alkanes of at least 4 members (excludes halogenated alkanes) is 4. The van der Waals surface area contributed by atoms with Crippen molar-refractivity contribution in [1.82, 2.24) is 4.90 Å². The topological polar surface area (TPSA) is 30.9 Å². The zero-order chi connectivity index (χ0) is 16.0. The molecule has 124 valence electrons. The van der Waals surface area contributed by atoms with Gasteiger partial charge in [0.05, 0.1) is 4.45 Å². The standard InChI is InChI=1S/C11H25BrO3Si.C3H9N/c1-5-6-7-8-9-10-11(12)16(13-2,14-3)15-4;1-4(2)3/h11H,5-10H2,1-4H3;1-3H3. The number of hydrogen-bond donors (Lipinski definition) is 0. The van der Waals surface area contributed by atoms with Gasteiger partial charge in [-0.2, -0.15) is 0 Å². The second-order valence-electron chi connectivity index (χ2n) is 5.23. The number of nitrogens with zero attached hydrogens (tertiary/aromatic N) is 1. The molecule has 0 fully saturated rings. The van der Waals surface area contributed by atoms with Crippen molar-refractivity contribution >= 4 is 24.7 Å². The lowest BCUT2D eigenvalue weighted by Crippen LogP contribution is -2.51. The molecule has 0 aliphatic rings. The van der Waals surface area contributed by atoms with Crippen LogP contribution >= 0.6 is 15.9 Å². The van der Waals surface area contributed by atoms with E-state index in [4.69, 9.17) is 13.3 Å². The quantitative estimate of drug-likeness (QED) is 0.332. The first-order chi connectivity index (χ1) is 9.40. The van der Waals surface area contributed by atoms with Crippen molar-refractivity contribution in [2.45, 2.75) is 49.9 Å². The Hall–Kier alpha value is 0.537. The molecule has 0 saturated carbocycles. The molecule has 0 aliphatic heterocycles. The van der Waals surface area contributed by atoms with Crippen LogP contribution in [-0.2, 0) is 13.3 Å². The molecule has 1 unspecified atom stereocenters. The highest BCUT2D eigenvalue weighted by atomic mass is 79.9. The highest BCUT2D eigenvalue weighted by Gasteiger charge is 2.45. The largest absolute Gasteiger partial charge is 0.514 e. The third kappa shape index (κ3) is 11.2. The maximum Gasteiger partial charge on any atom is 0.514 e. The van der Waals surface area contributed by atoms with Crippen LogP contribution in [0, 0.1) is 0 Å². The Balaban J connectivity index is 0. The van der Waals surface area contributed by atoms with Crippen LogP contribution < -0.4 is 0 Å². The molecule has 0 spiro atoms. The molecule has 0 aromatic heterocycles. The monoisotopic (exact) mass is 371 g/mol. The molecule has 1 atom stereocenters.